The molecule has 1 aliphatic carbocycles. The molecule has 4 nitrogen and oxygen atoms in total. The molecule has 0 saturated heterocycles. The predicted molar refractivity (Wildman–Crippen MR) is 81.0 cm³/mol. The molecule has 0 amide bonds. The number of hydrogen-bond donors (Lipinski definition) is 1. The molecule has 0 spiro atoms. The highest BCUT2D eigenvalue weighted by Crippen LogP contribution is 2.28. The summed E-state index contributed by atoms with van der Waals surface area (Å²) in [5.74, 6) is 2.59. The van der Waals surface area contributed by atoms with Gasteiger partial charge in [-0.15, -0.1) is 0 Å². The van der Waals surface area contributed by atoms with E-state index in [9.17, 15) is 0 Å². The molecule has 3 rings (SSSR count). The fourth-order valence-corrected chi connectivity index (χ4v) is 2.83. The molecule has 1 N–H and O–H groups in total. The Morgan fingerprint density at radius 2 is 2.10 bits per heavy atom. The number of pyridine rings is 1. The molecule has 0 radical (unpaired) electrons. The van der Waals surface area contributed by atoms with E-state index in [2.05, 4.69) is 28.4 Å². The zero-order valence-corrected chi connectivity index (χ0v) is 12.0. The van der Waals surface area contributed by atoms with Gasteiger partial charge in [0, 0.05) is 18.9 Å². The lowest BCUT2D eigenvalue weighted by Crippen LogP contribution is -2.20. The second-order valence-electron chi connectivity index (χ2n) is 5.86. The van der Waals surface area contributed by atoms with Crippen LogP contribution in [-0.2, 0) is 0 Å². The van der Waals surface area contributed by atoms with E-state index in [0.29, 0.717) is 0 Å². The van der Waals surface area contributed by atoms with Crippen molar-refractivity contribution in [3.05, 3.63) is 36.8 Å². The van der Waals surface area contributed by atoms with Crippen LogP contribution >= 0.6 is 0 Å². The van der Waals surface area contributed by atoms with Crippen LogP contribution in [0.2, 0.25) is 0 Å². The molecule has 2 aromatic rings. The quantitative estimate of drug-likeness (QED) is 0.924. The Morgan fingerprint density at radius 3 is 2.75 bits per heavy atom. The van der Waals surface area contributed by atoms with Gasteiger partial charge in [0.2, 0.25) is 0 Å². The van der Waals surface area contributed by atoms with Crippen LogP contribution in [0.1, 0.15) is 32.6 Å². The predicted octanol–water partition coefficient (Wildman–Crippen LogP) is 3.51. The summed E-state index contributed by atoms with van der Waals surface area (Å²) in [7, 11) is 0. The first-order chi connectivity index (χ1) is 9.81. The standard InChI is InChI=1S/C16H22N4/c1-13-3-5-14(6-4-13)11-17-15-7-8-16(18-12-15)20-10-2-9-19-20/h2,7-10,12-14,17H,3-6,11H2,1H3. The lowest BCUT2D eigenvalue weighted by atomic mass is 9.83. The van der Waals surface area contributed by atoms with Crippen molar-refractivity contribution in [2.24, 2.45) is 11.8 Å². The largest absolute Gasteiger partial charge is 0.384 e. The molecule has 0 aliphatic heterocycles. The van der Waals surface area contributed by atoms with E-state index in [1.807, 2.05) is 24.5 Å². The van der Waals surface area contributed by atoms with Gasteiger partial charge in [0.05, 0.1) is 11.9 Å². The molecule has 2 aromatic heterocycles. The zero-order chi connectivity index (χ0) is 13.8. The molecule has 0 atom stereocenters. The van der Waals surface area contributed by atoms with Crippen molar-refractivity contribution < 1.29 is 0 Å². The Hall–Kier alpha value is -1.84. The third-order valence-corrected chi connectivity index (χ3v) is 4.22. The van der Waals surface area contributed by atoms with Gasteiger partial charge in [-0.25, -0.2) is 9.67 Å². The van der Waals surface area contributed by atoms with Gasteiger partial charge in [-0.3, -0.25) is 0 Å². The van der Waals surface area contributed by atoms with Crippen LogP contribution in [0.4, 0.5) is 5.69 Å². The average molecular weight is 270 g/mol. The van der Waals surface area contributed by atoms with E-state index in [4.69, 9.17) is 0 Å². The fourth-order valence-electron chi connectivity index (χ4n) is 2.83. The summed E-state index contributed by atoms with van der Waals surface area (Å²) in [5.41, 5.74) is 1.10. The molecule has 0 unspecified atom stereocenters. The maximum atomic E-state index is 4.43. The van der Waals surface area contributed by atoms with E-state index < -0.39 is 0 Å². The average Bonchev–Trinajstić information content (AvgIpc) is 3.01. The van der Waals surface area contributed by atoms with Gasteiger partial charge < -0.3 is 5.32 Å². The molecule has 20 heavy (non-hydrogen) atoms. The van der Waals surface area contributed by atoms with Crippen LogP contribution in [0.5, 0.6) is 0 Å². The minimum absolute atomic E-state index is 0.817. The Bertz CT molecular complexity index is 510. The van der Waals surface area contributed by atoms with Crippen molar-refractivity contribution in [2.75, 3.05) is 11.9 Å². The van der Waals surface area contributed by atoms with Gasteiger partial charge in [0.25, 0.3) is 0 Å². The van der Waals surface area contributed by atoms with Crippen LogP contribution in [0.3, 0.4) is 0 Å². The number of anilines is 1. The second kappa shape index (κ2) is 6.07. The summed E-state index contributed by atoms with van der Waals surface area (Å²) in [6.45, 7) is 3.43. The van der Waals surface area contributed by atoms with Crippen molar-refractivity contribution in [3.8, 4) is 5.82 Å². The summed E-state index contributed by atoms with van der Waals surface area (Å²) in [6, 6.07) is 5.98. The van der Waals surface area contributed by atoms with Gasteiger partial charge in [-0.1, -0.05) is 19.8 Å². The van der Waals surface area contributed by atoms with E-state index >= 15 is 0 Å². The lowest BCUT2D eigenvalue weighted by molar-refractivity contribution is 0.300. The van der Waals surface area contributed by atoms with E-state index in [-0.39, 0.29) is 0 Å². The Balaban J connectivity index is 1.53. The van der Waals surface area contributed by atoms with E-state index in [1.165, 1.54) is 25.7 Å². The first-order valence-electron chi connectivity index (χ1n) is 7.51. The number of nitrogens with zero attached hydrogens (tertiary/aromatic N) is 3. The highest BCUT2D eigenvalue weighted by molar-refractivity contribution is 5.43. The number of rotatable bonds is 4. The minimum Gasteiger partial charge on any atom is -0.384 e. The number of nitrogens with one attached hydrogen (secondary N) is 1. The number of aromatic nitrogens is 3. The highest BCUT2D eigenvalue weighted by atomic mass is 15.3. The van der Waals surface area contributed by atoms with Crippen LogP contribution < -0.4 is 5.32 Å². The molecule has 106 valence electrons. The van der Waals surface area contributed by atoms with Crippen molar-refractivity contribution in [3.63, 3.8) is 0 Å². The number of hydrogen-bond acceptors (Lipinski definition) is 3. The van der Waals surface area contributed by atoms with Gasteiger partial charge >= 0.3 is 0 Å². The first kappa shape index (κ1) is 13.2. The van der Waals surface area contributed by atoms with Gasteiger partial charge in [0.15, 0.2) is 5.82 Å². The minimum atomic E-state index is 0.817. The van der Waals surface area contributed by atoms with E-state index in [1.54, 1.807) is 10.9 Å². The van der Waals surface area contributed by atoms with Gasteiger partial charge in [-0.2, -0.15) is 5.10 Å². The smallest absolute Gasteiger partial charge is 0.153 e. The second-order valence-corrected chi connectivity index (χ2v) is 5.86. The molecule has 0 aromatic carbocycles. The summed E-state index contributed by atoms with van der Waals surface area (Å²) < 4.78 is 1.77. The summed E-state index contributed by atoms with van der Waals surface area (Å²) in [5, 5.41) is 7.69. The first-order valence-corrected chi connectivity index (χ1v) is 7.51. The summed E-state index contributed by atoms with van der Waals surface area (Å²) in [4.78, 5) is 4.43. The normalized spacial score (nSPS) is 22.6. The fraction of sp³-hybridized carbons (Fsp3) is 0.500. The van der Waals surface area contributed by atoms with Crippen LogP contribution in [-0.4, -0.2) is 21.3 Å². The monoisotopic (exact) mass is 270 g/mol. The molecular weight excluding hydrogens is 248 g/mol. The van der Waals surface area contributed by atoms with Gasteiger partial charge in [0.1, 0.15) is 0 Å². The van der Waals surface area contributed by atoms with E-state index in [0.717, 1.165) is 29.9 Å². The van der Waals surface area contributed by atoms with Gasteiger partial charge in [-0.05, 0) is 42.9 Å². The van der Waals surface area contributed by atoms with Crippen LogP contribution in [0.25, 0.3) is 5.82 Å². The maximum absolute atomic E-state index is 4.43. The molecule has 1 aliphatic rings. The Labute approximate surface area is 120 Å². The third kappa shape index (κ3) is 3.18. The SMILES string of the molecule is CC1CCC(CNc2ccc(-n3cccn3)nc2)CC1. The topological polar surface area (TPSA) is 42.7 Å². The van der Waals surface area contributed by atoms with Crippen LogP contribution in [0.15, 0.2) is 36.8 Å². The lowest BCUT2D eigenvalue weighted by Gasteiger charge is -2.26. The highest BCUT2D eigenvalue weighted by Gasteiger charge is 2.17. The summed E-state index contributed by atoms with van der Waals surface area (Å²) in [6.07, 6.45) is 11.0. The molecule has 0 bridgehead atoms. The third-order valence-electron chi connectivity index (χ3n) is 4.22. The van der Waals surface area contributed by atoms with Crippen LogP contribution in [0, 0.1) is 11.8 Å². The van der Waals surface area contributed by atoms with Crippen molar-refractivity contribution in [1.29, 1.82) is 0 Å². The Morgan fingerprint density at radius 1 is 1.25 bits per heavy atom. The molecular formula is C16H22N4. The molecule has 1 fully saturated rings. The van der Waals surface area contributed by atoms with Crippen molar-refractivity contribution in [2.45, 2.75) is 32.6 Å². The molecule has 1 saturated carbocycles. The zero-order valence-electron chi connectivity index (χ0n) is 12.0. The Kier molecular flexibility index (Phi) is 4.00. The molecule has 4 heteroatoms. The molecule has 2 heterocycles. The van der Waals surface area contributed by atoms with Crippen molar-refractivity contribution >= 4 is 5.69 Å². The maximum Gasteiger partial charge on any atom is 0.153 e. The van der Waals surface area contributed by atoms with Crippen molar-refractivity contribution in [1.82, 2.24) is 14.8 Å². The summed E-state index contributed by atoms with van der Waals surface area (Å²) >= 11 is 0.